The van der Waals surface area contributed by atoms with Crippen LogP contribution < -0.4 is 14.2 Å². The molecule has 2 aromatic rings. The molecule has 0 atom stereocenters. The van der Waals surface area contributed by atoms with E-state index in [-0.39, 0.29) is 5.75 Å². The molecule has 0 aliphatic heterocycles. The first-order valence-electron chi connectivity index (χ1n) is 9.95. The molecular formula is C24H26O7. The second-order valence-electron chi connectivity index (χ2n) is 6.57. The van der Waals surface area contributed by atoms with Gasteiger partial charge < -0.3 is 18.9 Å². The van der Waals surface area contributed by atoms with Crippen LogP contribution in [0.1, 0.15) is 46.4 Å². The Hall–Kier alpha value is -3.61. The number of aldehydes is 1. The highest BCUT2D eigenvalue weighted by Crippen LogP contribution is 2.23. The normalized spacial score (nSPS) is 10.1. The first kappa shape index (κ1) is 23.7. The highest BCUT2D eigenvalue weighted by atomic mass is 16.5. The Morgan fingerprint density at radius 3 is 2.26 bits per heavy atom. The summed E-state index contributed by atoms with van der Waals surface area (Å²) in [5.74, 6) is 0.389. The zero-order valence-electron chi connectivity index (χ0n) is 17.5. The van der Waals surface area contributed by atoms with Crippen molar-refractivity contribution in [3.05, 3.63) is 66.2 Å². The third kappa shape index (κ3) is 7.97. The standard InChI is InChI=1S/C24H26O7/c1-3-23(26)30-15-7-5-4-6-14-29-20-10-8-18(9-11-20)24(27)31-21-12-13-22(28-2)19(16-21)17-25/h3,8-13,16-17H,1,4-7,14-15H2,2H3. The van der Waals surface area contributed by atoms with Crippen LogP contribution >= 0.6 is 0 Å². The van der Waals surface area contributed by atoms with Crippen molar-refractivity contribution >= 4 is 18.2 Å². The molecule has 0 saturated heterocycles. The van der Waals surface area contributed by atoms with Crippen LogP contribution in [0.25, 0.3) is 0 Å². The average molecular weight is 426 g/mol. The van der Waals surface area contributed by atoms with E-state index in [2.05, 4.69) is 6.58 Å². The zero-order chi connectivity index (χ0) is 22.5. The molecular weight excluding hydrogens is 400 g/mol. The smallest absolute Gasteiger partial charge is 0.343 e. The number of hydrogen-bond acceptors (Lipinski definition) is 7. The van der Waals surface area contributed by atoms with Gasteiger partial charge in [0.25, 0.3) is 0 Å². The van der Waals surface area contributed by atoms with E-state index >= 15 is 0 Å². The fraction of sp³-hybridized carbons (Fsp3) is 0.292. The van der Waals surface area contributed by atoms with Crippen LogP contribution in [0.5, 0.6) is 17.2 Å². The van der Waals surface area contributed by atoms with E-state index in [1.165, 1.54) is 13.2 Å². The predicted molar refractivity (Wildman–Crippen MR) is 115 cm³/mol. The van der Waals surface area contributed by atoms with E-state index in [0.717, 1.165) is 31.8 Å². The largest absolute Gasteiger partial charge is 0.496 e. The summed E-state index contributed by atoms with van der Waals surface area (Å²) in [5.41, 5.74) is 0.666. The first-order chi connectivity index (χ1) is 15.1. The molecule has 2 aromatic carbocycles. The van der Waals surface area contributed by atoms with Gasteiger partial charge in [-0.1, -0.05) is 6.58 Å². The predicted octanol–water partition coefficient (Wildman–Crippen LogP) is 4.40. The zero-order valence-corrected chi connectivity index (χ0v) is 17.5. The van der Waals surface area contributed by atoms with Gasteiger partial charge in [-0.05, 0) is 68.1 Å². The van der Waals surface area contributed by atoms with E-state index in [1.807, 2.05) is 0 Å². The van der Waals surface area contributed by atoms with Crippen LogP contribution in [-0.4, -0.2) is 38.5 Å². The van der Waals surface area contributed by atoms with Crippen LogP contribution in [0, 0.1) is 0 Å². The first-order valence-corrected chi connectivity index (χ1v) is 9.95. The lowest BCUT2D eigenvalue weighted by Crippen LogP contribution is -2.09. The minimum Gasteiger partial charge on any atom is -0.496 e. The van der Waals surface area contributed by atoms with Crippen molar-refractivity contribution in [1.29, 1.82) is 0 Å². The maximum atomic E-state index is 12.3. The Morgan fingerprint density at radius 2 is 1.61 bits per heavy atom. The van der Waals surface area contributed by atoms with Gasteiger partial charge in [0, 0.05) is 6.08 Å². The van der Waals surface area contributed by atoms with Gasteiger partial charge in [-0.25, -0.2) is 9.59 Å². The summed E-state index contributed by atoms with van der Waals surface area (Å²) in [6.45, 7) is 4.29. The molecule has 0 aliphatic carbocycles. The van der Waals surface area contributed by atoms with Crippen LogP contribution in [0.2, 0.25) is 0 Å². The lowest BCUT2D eigenvalue weighted by molar-refractivity contribution is -0.137. The topological polar surface area (TPSA) is 88.1 Å². The molecule has 0 saturated carbocycles. The molecule has 0 aromatic heterocycles. The molecule has 0 unspecified atom stereocenters. The lowest BCUT2D eigenvalue weighted by Gasteiger charge is -2.09. The van der Waals surface area contributed by atoms with Crippen molar-refractivity contribution in [2.75, 3.05) is 20.3 Å². The molecule has 7 heteroatoms. The summed E-state index contributed by atoms with van der Waals surface area (Å²) >= 11 is 0. The van der Waals surface area contributed by atoms with E-state index in [0.29, 0.717) is 42.1 Å². The fourth-order valence-corrected chi connectivity index (χ4v) is 2.70. The number of methoxy groups -OCH3 is 1. The number of rotatable bonds is 13. The van der Waals surface area contributed by atoms with Crippen LogP contribution in [0.4, 0.5) is 0 Å². The maximum absolute atomic E-state index is 12.3. The summed E-state index contributed by atoms with van der Waals surface area (Å²) in [6, 6.07) is 11.2. The Balaban J connectivity index is 1.72. The van der Waals surface area contributed by atoms with Gasteiger partial charge >= 0.3 is 11.9 Å². The molecule has 0 heterocycles. The average Bonchev–Trinajstić information content (AvgIpc) is 2.80. The molecule has 0 amide bonds. The van der Waals surface area contributed by atoms with E-state index < -0.39 is 11.9 Å². The van der Waals surface area contributed by atoms with Gasteiger partial charge in [0.05, 0.1) is 31.5 Å². The molecule has 0 aliphatic rings. The molecule has 0 spiro atoms. The van der Waals surface area contributed by atoms with E-state index in [9.17, 15) is 14.4 Å². The number of benzene rings is 2. The summed E-state index contributed by atoms with van der Waals surface area (Å²) in [7, 11) is 1.46. The Labute approximate surface area is 181 Å². The third-order valence-corrected chi connectivity index (χ3v) is 4.35. The molecule has 0 bridgehead atoms. The van der Waals surface area contributed by atoms with Crippen LogP contribution in [0.15, 0.2) is 55.1 Å². The number of carbonyl (C=O) groups is 3. The van der Waals surface area contributed by atoms with Crippen molar-refractivity contribution in [2.45, 2.75) is 25.7 Å². The second-order valence-corrected chi connectivity index (χ2v) is 6.57. The summed E-state index contributed by atoms with van der Waals surface area (Å²) < 4.78 is 21.0. The fourth-order valence-electron chi connectivity index (χ4n) is 2.70. The van der Waals surface area contributed by atoms with E-state index in [4.69, 9.17) is 18.9 Å². The Kier molecular flexibility index (Phi) is 9.81. The quantitative estimate of drug-likeness (QED) is 0.154. The molecule has 0 fully saturated rings. The SMILES string of the molecule is C=CC(=O)OCCCCCCOc1ccc(C(=O)Oc2ccc(OC)c(C=O)c2)cc1. The number of unbranched alkanes of at least 4 members (excludes halogenated alkanes) is 3. The highest BCUT2D eigenvalue weighted by Gasteiger charge is 2.11. The highest BCUT2D eigenvalue weighted by molar-refractivity contribution is 5.91. The van der Waals surface area contributed by atoms with Crippen molar-refractivity contribution in [2.24, 2.45) is 0 Å². The van der Waals surface area contributed by atoms with Gasteiger partial charge in [-0.15, -0.1) is 0 Å². The summed E-state index contributed by atoms with van der Waals surface area (Å²) in [4.78, 5) is 34.3. The number of carbonyl (C=O) groups excluding carboxylic acids is 3. The van der Waals surface area contributed by atoms with Crippen molar-refractivity contribution in [3.63, 3.8) is 0 Å². The number of hydrogen-bond donors (Lipinski definition) is 0. The molecule has 31 heavy (non-hydrogen) atoms. The van der Waals surface area contributed by atoms with Gasteiger partial charge in [-0.3, -0.25) is 4.79 Å². The van der Waals surface area contributed by atoms with Crippen LogP contribution in [-0.2, 0) is 9.53 Å². The molecule has 0 N–H and O–H groups in total. The summed E-state index contributed by atoms with van der Waals surface area (Å²) in [5, 5.41) is 0. The van der Waals surface area contributed by atoms with Crippen molar-refractivity contribution in [3.8, 4) is 17.2 Å². The Morgan fingerprint density at radius 1 is 0.935 bits per heavy atom. The van der Waals surface area contributed by atoms with Crippen molar-refractivity contribution < 1.29 is 33.3 Å². The monoisotopic (exact) mass is 426 g/mol. The van der Waals surface area contributed by atoms with E-state index in [1.54, 1.807) is 36.4 Å². The molecule has 164 valence electrons. The van der Waals surface area contributed by atoms with Gasteiger partial charge in [0.15, 0.2) is 6.29 Å². The molecule has 7 nitrogen and oxygen atoms in total. The maximum Gasteiger partial charge on any atom is 0.343 e. The minimum absolute atomic E-state index is 0.257. The van der Waals surface area contributed by atoms with Gasteiger partial charge in [0.2, 0.25) is 0 Å². The van der Waals surface area contributed by atoms with Gasteiger partial charge in [0.1, 0.15) is 17.2 Å². The van der Waals surface area contributed by atoms with Crippen molar-refractivity contribution in [1.82, 2.24) is 0 Å². The number of ether oxygens (including phenoxy) is 4. The lowest BCUT2D eigenvalue weighted by atomic mass is 10.2. The van der Waals surface area contributed by atoms with Gasteiger partial charge in [-0.2, -0.15) is 0 Å². The van der Waals surface area contributed by atoms with Crippen LogP contribution in [0.3, 0.4) is 0 Å². The third-order valence-electron chi connectivity index (χ3n) is 4.35. The number of esters is 2. The summed E-state index contributed by atoms with van der Waals surface area (Å²) in [6.07, 6.45) is 5.37. The second kappa shape index (κ2) is 12.8. The molecule has 2 rings (SSSR count). The molecule has 0 radical (unpaired) electrons. The Bertz CT molecular complexity index is 887. The minimum atomic E-state index is -0.536.